The molecule has 2 unspecified atom stereocenters. The van der Waals surface area contributed by atoms with Crippen LogP contribution in [0.25, 0.3) is 77.0 Å². The number of hydrogen-bond acceptors (Lipinski definition) is 5. The van der Waals surface area contributed by atoms with Gasteiger partial charge >= 0.3 is 0 Å². The van der Waals surface area contributed by atoms with E-state index in [9.17, 15) is 0 Å². The third kappa shape index (κ3) is 4.30. The standard InChI is InChI=1S/C45H28N4OS/c1-3-13-27(14-4-1)43-46-44(33-20-12-24-38-39(33)32-18-8-10-23-37(32)51-38)48-45(47-43)34-21-11-19-29-30-25-26-36-40(42(30)50-41(29)34)31-17-7-9-22-35(31)49(36)28-15-5-2-6-16-28/h1-26,30,42H. The Bertz CT molecular complexity index is 2850. The van der Waals surface area contributed by atoms with E-state index < -0.39 is 0 Å². The fourth-order valence-electron chi connectivity index (χ4n) is 8.02. The highest BCUT2D eigenvalue weighted by Gasteiger charge is 2.41. The van der Waals surface area contributed by atoms with Crippen LogP contribution in [0.15, 0.2) is 152 Å². The first-order valence-electron chi connectivity index (χ1n) is 17.2. The van der Waals surface area contributed by atoms with Gasteiger partial charge in [0, 0.05) is 59.4 Å². The molecular weight excluding hydrogens is 645 g/mol. The summed E-state index contributed by atoms with van der Waals surface area (Å²) < 4.78 is 11.9. The van der Waals surface area contributed by atoms with Crippen LogP contribution in [0.3, 0.4) is 0 Å². The lowest BCUT2D eigenvalue weighted by Gasteiger charge is -2.22. The molecule has 5 nitrogen and oxygen atoms in total. The molecule has 6 aromatic carbocycles. The zero-order valence-electron chi connectivity index (χ0n) is 27.3. The van der Waals surface area contributed by atoms with Crippen molar-refractivity contribution in [3.63, 3.8) is 0 Å². The summed E-state index contributed by atoms with van der Waals surface area (Å²) >= 11 is 1.80. The largest absolute Gasteiger partial charge is 0.484 e. The van der Waals surface area contributed by atoms with Gasteiger partial charge < -0.3 is 9.30 Å². The fraction of sp³-hybridized carbons (Fsp3) is 0.0444. The molecular formula is C45H28N4OS. The summed E-state index contributed by atoms with van der Waals surface area (Å²) in [5, 5.41) is 3.58. The summed E-state index contributed by atoms with van der Waals surface area (Å²) in [6.45, 7) is 0. The summed E-state index contributed by atoms with van der Waals surface area (Å²) in [5.74, 6) is 2.77. The Morgan fingerprint density at radius 2 is 1.24 bits per heavy atom. The molecule has 0 N–H and O–H groups in total. The Kier molecular flexibility index (Phi) is 6.18. The summed E-state index contributed by atoms with van der Waals surface area (Å²) in [6, 6.07) is 50.7. The highest BCUT2D eigenvalue weighted by molar-refractivity contribution is 7.25. The third-order valence-electron chi connectivity index (χ3n) is 10.2. The van der Waals surface area contributed by atoms with Crippen LogP contribution >= 0.6 is 11.3 Å². The second kappa shape index (κ2) is 11.1. The number of thiophene rings is 1. The van der Waals surface area contributed by atoms with Crippen molar-refractivity contribution in [2.24, 2.45) is 0 Å². The molecule has 11 rings (SSSR count). The lowest BCUT2D eigenvalue weighted by atomic mass is 9.85. The molecule has 0 fully saturated rings. The molecule has 2 atom stereocenters. The first-order chi connectivity index (χ1) is 25.3. The maximum absolute atomic E-state index is 7.12. The van der Waals surface area contributed by atoms with Gasteiger partial charge in [-0.1, -0.05) is 115 Å². The average Bonchev–Trinajstić information content (AvgIpc) is 3.88. The molecule has 0 bridgehead atoms. The van der Waals surface area contributed by atoms with E-state index in [-0.39, 0.29) is 12.0 Å². The Labute approximate surface area is 297 Å². The van der Waals surface area contributed by atoms with Crippen molar-refractivity contribution < 1.29 is 4.74 Å². The summed E-state index contributed by atoms with van der Waals surface area (Å²) in [6.07, 6.45) is 4.39. The Morgan fingerprint density at radius 1 is 0.569 bits per heavy atom. The van der Waals surface area contributed by atoms with E-state index in [1.807, 2.05) is 18.2 Å². The summed E-state index contributed by atoms with van der Waals surface area (Å²) in [5.41, 5.74) is 8.61. The second-order valence-electron chi connectivity index (χ2n) is 13.1. The van der Waals surface area contributed by atoms with Crippen LogP contribution in [0.1, 0.15) is 28.8 Å². The molecule has 2 aliphatic rings. The molecule has 51 heavy (non-hydrogen) atoms. The Hall–Kier alpha value is -6.37. The molecule has 240 valence electrons. The number of fused-ring (bicyclic) bond motifs is 10. The maximum Gasteiger partial charge on any atom is 0.167 e. The summed E-state index contributed by atoms with van der Waals surface area (Å²) in [7, 11) is 0. The highest BCUT2D eigenvalue weighted by atomic mass is 32.1. The minimum absolute atomic E-state index is 0.0586. The van der Waals surface area contributed by atoms with Gasteiger partial charge in [-0.25, -0.2) is 15.0 Å². The maximum atomic E-state index is 7.12. The molecule has 9 aromatic rings. The van der Waals surface area contributed by atoms with Gasteiger partial charge in [0.25, 0.3) is 0 Å². The van der Waals surface area contributed by atoms with Gasteiger partial charge in [0.05, 0.1) is 16.8 Å². The number of benzene rings is 6. The first kappa shape index (κ1) is 28.5. The molecule has 3 aromatic heterocycles. The van der Waals surface area contributed by atoms with E-state index >= 15 is 0 Å². The van der Waals surface area contributed by atoms with Crippen molar-refractivity contribution in [2.75, 3.05) is 0 Å². The third-order valence-corrected chi connectivity index (χ3v) is 11.4. The Morgan fingerprint density at radius 3 is 2.10 bits per heavy atom. The zero-order valence-corrected chi connectivity index (χ0v) is 28.1. The van der Waals surface area contributed by atoms with Crippen LogP contribution in [0.4, 0.5) is 0 Å². The number of rotatable bonds is 4. The van der Waals surface area contributed by atoms with Crippen molar-refractivity contribution >= 4 is 48.5 Å². The molecule has 6 heteroatoms. The van der Waals surface area contributed by atoms with Crippen LogP contribution in [-0.4, -0.2) is 19.5 Å². The van der Waals surface area contributed by atoms with Crippen molar-refractivity contribution in [1.82, 2.24) is 19.5 Å². The van der Waals surface area contributed by atoms with Gasteiger partial charge in [0.2, 0.25) is 0 Å². The lowest BCUT2D eigenvalue weighted by Crippen LogP contribution is -2.13. The molecule has 0 spiro atoms. The van der Waals surface area contributed by atoms with Crippen molar-refractivity contribution in [3.8, 4) is 45.6 Å². The van der Waals surface area contributed by atoms with E-state index in [4.69, 9.17) is 19.7 Å². The van der Waals surface area contributed by atoms with Crippen molar-refractivity contribution in [1.29, 1.82) is 0 Å². The van der Waals surface area contributed by atoms with Crippen LogP contribution in [0, 0.1) is 0 Å². The topological polar surface area (TPSA) is 52.8 Å². The van der Waals surface area contributed by atoms with E-state index in [1.165, 1.54) is 36.6 Å². The van der Waals surface area contributed by atoms with E-state index in [0.717, 1.165) is 39.4 Å². The second-order valence-corrected chi connectivity index (χ2v) is 14.2. The molecule has 1 aliphatic heterocycles. The minimum atomic E-state index is -0.183. The van der Waals surface area contributed by atoms with Crippen LogP contribution in [0.2, 0.25) is 0 Å². The van der Waals surface area contributed by atoms with Gasteiger partial charge in [-0.15, -0.1) is 11.3 Å². The number of nitrogens with zero attached hydrogens (tertiary/aromatic N) is 4. The van der Waals surface area contributed by atoms with Gasteiger partial charge in [0.1, 0.15) is 11.9 Å². The normalized spacial score (nSPS) is 15.9. The molecule has 4 heterocycles. The number of aromatic nitrogens is 4. The average molecular weight is 673 g/mol. The van der Waals surface area contributed by atoms with Gasteiger partial charge in [-0.3, -0.25) is 0 Å². The van der Waals surface area contributed by atoms with Crippen LogP contribution in [0.5, 0.6) is 5.75 Å². The van der Waals surface area contributed by atoms with E-state index in [1.54, 1.807) is 11.3 Å². The van der Waals surface area contributed by atoms with Crippen molar-refractivity contribution in [3.05, 3.63) is 168 Å². The summed E-state index contributed by atoms with van der Waals surface area (Å²) in [4.78, 5) is 15.5. The highest BCUT2D eigenvalue weighted by Crippen LogP contribution is 2.55. The zero-order chi connectivity index (χ0) is 33.5. The monoisotopic (exact) mass is 672 g/mol. The number of ether oxygens (including phenoxy) is 1. The van der Waals surface area contributed by atoms with Gasteiger partial charge in [-0.2, -0.15) is 0 Å². The lowest BCUT2D eigenvalue weighted by molar-refractivity contribution is 0.225. The minimum Gasteiger partial charge on any atom is -0.484 e. The smallest absolute Gasteiger partial charge is 0.167 e. The molecule has 0 saturated heterocycles. The molecule has 0 saturated carbocycles. The van der Waals surface area contributed by atoms with Crippen molar-refractivity contribution in [2.45, 2.75) is 12.0 Å². The van der Waals surface area contributed by atoms with E-state index in [2.05, 4.69) is 144 Å². The quantitative estimate of drug-likeness (QED) is 0.187. The van der Waals surface area contributed by atoms with Gasteiger partial charge in [-0.05, 0) is 42.5 Å². The molecule has 0 radical (unpaired) electrons. The number of hydrogen-bond donors (Lipinski definition) is 0. The predicted octanol–water partition coefficient (Wildman–Crippen LogP) is 11.4. The van der Waals surface area contributed by atoms with Gasteiger partial charge in [0.15, 0.2) is 17.5 Å². The van der Waals surface area contributed by atoms with E-state index in [0.29, 0.717) is 17.5 Å². The molecule has 0 amide bonds. The van der Waals surface area contributed by atoms with Crippen LogP contribution in [-0.2, 0) is 0 Å². The molecule has 1 aliphatic carbocycles. The number of para-hydroxylation sites is 3. The SMILES string of the molecule is C1=CC2c3cccc(-c4nc(-c5ccccc5)nc(-c5cccc6sc7ccccc7c56)n4)c3OC2c2c1n(-c1ccccc1)c1ccccc21. The first-order valence-corrected chi connectivity index (χ1v) is 18.0. The Balaban J connectivity index is 1.10. The van der Waals surface area contributed by atoms with Crippen LogP contribution < -0.4 is 4.74 Å². The fourth-order valence-corrected chi connectivity index (χ4v) is 9.16. The predicted molar refractivity (Wildman–Crippen MR) is 207 cm³/mol.